The minimum Gasteiger partial charge on any atom is -0.396 e. The number of aryl methyl sites for hydroxylation is 1. The van der Waals surface area contributed by atoms with Crippen LogP contribution in [0, 0.1) is 5.41 Å². The molecular weight excluding hydrogens is 244 g/mol. The van der Waals surface area contributed by atoms with Crippen molar-refractivity contribution in [2.45, 2.75) is 39.8 Å². The van der Waals surface area contributed by atoms with E-state index < -0.39 is 0 Å². The summed E-state index contributed by atoms with van der Waals surface area (Å²) in [6, 6.07) is 0. The van der Waals surface area contributed by atoms with E-state index in [0.29, 0.717) is 13.0 Å². The molecule has 0 amide bonds. The Morgan fingerprint density at radius 3 is 2.95 bits per heavy atom. The number of nitrogens with zero attached hydrogens (tertiary/aromatic N) is 3. The molecule has 0 aliphatic heterocycles. The van der Waals surface area contributed by atoms with E-state index in [1.54, 1.807) is 11.8 Å². The topological polar surface area (TPSA) is 72.2 Å². The van der Waals surface area contributed by atoms with E-state index in [2.05, 4.69) is 29.5 Å². The molecule has 0 aliphatic rings. The molecule has 0 aliphatic carbocycles. The minimum atomic E-state index is 0.182. The SMILES string of the molecule is COCCC(C)(C)CNCc1cn(CCCO)nn1. The number of aliphatic hydroxyl groups excluding tert-OH is 1. The predicted molar refractivity (Wildman–Crippen MR) is 73.7 cm³/mol. The molecule has 2 N–H and O–H groups in total. The normalized spacial score (nSPS) is 12.0. The van der Waals surface area contributed by atoms with E-state index >= 15 is 0 Å². The van der Waals surface area contributed by atoms with Gasteiger partial charge in [-0.25, -0.2) is 0 Å². The van der Waals surface area contributed by atoms with Gasteiger partial charge in [0.05, 0.1) is 5.69 Å². The molecule has 0 spiro atoms. The molecule has 0 saturated carbocycles. The van der Waals surface area contributed by atoms with E-state index in [4.69, 9.17) is 9.84 Å². The molecule has 1 heterocycles. The maximum absolute atomic E-state index is 8.75. The van der Waals surface area contributed by atoms with E-state index in [1.165, 1.54) is 0 Å². The fraction of sp³-hybridized carbons (Fsp3) is 0.846. The largest absolute Gasteiger partial charge is 0.396 e. The van der Waals surface area contributed by atoms with Crippen LogP contribution in [0.5, 0.6) is 0 Å². The third kappa shape index (κ3) is 6.66. The van der Waals surface area contributed by atoms with Crippen LogP contribution in [0.1, 0.15) is 32.4 Å². The molecular formula is C13H26N4O2. The molecule has 0 unspecified atom stereocenters. The first-order valence-corrected chi connectivity index (χ1v) is 6.77. The van der Waals surface area contributed by atoms with Gasteiger partial charge in [-0.3, -0.25) is 4.68 Å². The standard InChI is InChI=1S/C13H26N4O2/c1-13(2,5-8-19-3)11-14-9-12-10-17(16-15-12)6-4-7-18/h10,14,18H,4-9,11H2,1-3H3. The summed E-state index contributed by atoms with van der Waals surface area (Å²) >= 11 is 0. The van der Waals surface area contributed by atoms with Crippen molar-refractivity contribution in [3.8, 4) is 0 Å². The second-order valence-corrected chi connectivity index (χ2v) is 5.56. The molecule has 6 heteroatoms. The third-order valence-corrected chi connectivity index (χ3v) is 3.02. The zero-order valence-electron chi connectivity index (χ0n) is 12.2. The van der Waals surface area contributed by atoms with Crippen LogP contribution in [0.3, 0.4) is 0 Å². The van der Waals surface area contributed by atoms with Crippen LogP contribution >= 0.6 is 0 Å². The summed E-state index contributed by atoms with van der Waals surface area (Å²) in [6.07, 6.45) is 3.66. The van der Waals surface area contributed by atoms with Crippen LogP contribution in [-0.2, 0) is 17.8 Å². The highest BCUT2D eigenvalue weighted by Crippen LogP contribution is 2.18. The average molecular weight is 270 g/mol. The molecule has 0 aromatic carbocycles. The van der Waals surface area contributed by atoms with E-state index in [1.807, 2.05) is 6.20 Å². The molecule has 19 heavy (non-hydrogen) atoms. The second-order valence-electron chi connectivity index (χ2n) is 5.56. The Labute approximate surface area is 115 Å². The van der Waals surface area contributed by atoms with Crippen LogP contribution in [0.25, 0.3) is 0 Å². The van der Waals surface area contributed by atoms with Crippen LogP contribution < -0.4 is 5.32 Å². The highest BCUT2D eigenvalue weighted by Gasteiger charge is 2.16. The lowest BCUT2D eigenvalue weighted by molar-refractivity contribution is 0.150. The van der Waals surface area contributed by atoms with Gasteiger partial charge in [0.25, 0.3) is 0 Å². The third-order valence-electron chi connectivity index (χ3n) is 3.02. The van der Waals surface area contributed by atoms with Crippen molar-refractivity contribution in [2.24, 2.45) is 5.41 Å². The molecule has 1 aromatic rings. The van der Waals surface area contributed by atoms with Crippen molar-refractivity contribution in [1.82, 2.24) is 20.3 Å². The van der Waals surface area contributed by atoms with Gasteiger partial charge in [0.1, 0.15) is 0 Å². The highest BCUT2D eigenvalue weighted by molar-refractivity contribution is 4.91. The number of hydrogen-bond donors (Lipinski definition) is 2. The first kappa shape index (κ1) is 16.1. The number of nitrogens with one attached hydrogen (secondary N) is 1. The number of methoxy groups -OCH3 is 1. The van der Waals surface area contributed by atoms with Crippen molar-refractivity contribution in [3.63, 3.8) is 0 Å². The minimum absolute atomic E-state index is 0.182. The van der Waals surface area contributed by atoms with Crippen molar-refractivity contribution in [2.75, 3.05) is 26.9 Å². The van der Waals surface area contributed by atoms with Gasteiger partial charge in [-0.05, 0) is 18.3 Å². The predicted octanol–water partition coefficient (Wildman–Crippen LogP) is 0.813. The fourth-order valence-corrected chi connectivity index (χ4v) is 1.76. The number of aliphatic hydroxyl groups is 1. The summed E-state index contributed by atoms with van der Waals surface area (Å²) in [5, 5.41) is 20.3. The van der Waals surface area contributed by atoms with Gasteiger partial charge >= 0.3 is 0 Å². The van der Waals surface area contributed by atoms with E-state index in [0.717, 1.165) is 31.8 Å². The Morgan fingerprint density at radius 2 is 2.26 bits per heavy atom. The van der Waals surface area contributed by atoms with Crippen LogP contribution in [-0.4, -0.2) is 47.0 Å². The number of rotatable bonds is 10. The lowest BCUT2D eigenvalue weighted by Gasteiger charge is -2.24. The van der Waals surface area contributed by atoms with Crippen molar-refractivity contribution in [3.05, 3.63) is 11.9 Å². The number of aromatic nitrogens is 3. The molecule has 0 radical (unpaired) electrons. The Bertz CT molecular complexity index is 352. The second kappa shape index (κ2) is 8.24. The van der Waals surface area contributed by atoms with E-state index in [-0.39, 0.29) is 12.0 Å². The molecule has 0 bridgehead atoms. The number of ether oxygens (including phenoxy) is 1. The molecule has 6 nitrogen and oxygen atoms in total. The lowest BCUT2D eigenvalue weighted by Crippen LogP contribution is -2.30. The Balaban J connectivity index is 2.26. The van der Waals surface area contributed by atoms with Crippen LogP contribution in [0.15, 0.2) is 6.20 Å². The maximum Gasteiger partial charge on any atom is 0.0964 e. The monoisotopic (exact) mass is 270 g/mol. The molecule has 110 valence electrons. The summed E-state index contributed by atoms with van der Waals surface area (Å²) in [6.45, 7) is 7.75. The zero-order valence-corrected chi connectivity index (χ0v) is 12.2. The summed E-state index contributed by atoms with van der Waals surface area (Å²) in [7, 11) is 1.73. The van der Waals surface area contributed by atoms with E-state index in [9.17, 15) is 0 Å². The van der Waals surface area contributed by atoms with Crippen LogP contribution in [0.4, 0.5) is 0 Å². The molecule has 0 atom stereocenters. The quantitative estimate of drug-likeness (QED) is 0.658. The maximum atomic E-state index is 8.75. The first-order chi connectivity index (χ1) is 9.07. The summed E-state index contributed by atoms with van der Waals surface area (Å²) in [4.78, 5) is 0. The molecule has 0 saturated heterocycles. The van der Waals surface area contributed by atoms with Crippen LogP contribution in [0.2, 0.25) is 0 Å². The van der Waals surface area contributed by atoms with Gasteiger partial charge in [-0.15, -0.1) is 5.10 Å². The molecule has 1 aromatic heterocycles. The summed E-state index contributed by atoms with van der Waals surface area (Å²) < 4.78 is 6.88. The lowest BCUT2D eigenvalue weighted by atomic mass is 9.90. The Hall–Kier alpha value is -0.980. The first-order valence-electron chi connectivity index (χ1n) is 6.77. The van der Waals surface area contributed by atoms with Gasteiger partial charge in [-0.1, -0.05) is 19.1 Å². The van der Waals surface area contributed by atoms with Gasteiger partial charge in [0, 0.05) is 46.2 Å². The zero-order chi connectivity index (χ0) is 14.1. The van der Waals surface area contributed by atoms with Gasteiger partial charge in [0.15, 0.2) is 0 Å². The molecule has 1 rings (SSSR count). The molecule has 0 fully saturated rings. The fourth-order valence-electron chi connectivity index (χ4n) is 1.76. The summed E-state index contributed by atoms with van der Waals surface area (Å²) in [5.74, 6) is 0. The number of hydrogen-bond acceptors (Lipinski definition) is 5. The Kier molecular flexibility index (Phi) is 6.97. The Morgan fingerprint density at radius 1 is 1.47 bits per heavy atom. The van der Waals surface area contributed by atoms with Gasteiger partial charge < -0.3 is 15.2 Å². The average Bonchev–Trinajstić information content (AvgIpc) is 2.82. The summed E-state index contributed by atoms with van der Waals surface area (Å²) in [5.41, 5.74) is 1.14. The van der Waals surface area contributed by atoms with Gasteiger partial charge in [-0.2, -0.15) is 0 Å². The highest BCUT2D eigenvalue weighted by atomic mass is 16.5. The van der Waals surface area contributed by atoms with Crippen molar-refractivity contribution in [1.29, 1.82) is 0 Å². The van der Waals surface area contributed by atoms with Crippen molar-refractivity contribution < 1.29 is 9.84 Å². The smallest absolute Gasteiger partial charge is 0.0964 e. The van der Waals surface area contributed by atoms with Gasteiger partial charge in [0.2, 0.25) is 0 Å². The van der Waals surface area contributed by atoms with Crippen molar-refractivity contribution >= 4 is 0 Å².